The van der Waals surface area contributed by atoms with Crippen molar-refractivity contribution in [1.29, 1.82) is 0 Å². The summed E-state index contributed by atoms with van der Waals surface area (Å²) in [5.74, 6) is 0.791. The fourth-order valence-corrected chi connectivity index (χ4v) is 2.18. The Balaban J connectivity index is 2.09. The lowest BCUT2D eigenvalue weighted by Gasteiger charge is -2.22. The smallest absolute Gasteiger partial charge is 0.253 e. The number of rotatable bonds is 6. The molecule has 1 saturated carbocycles. The first kappa shape index (κ1) is 14.4. The third kappa shape index (κ3) is 3.50. The van der Waals surface area contributed by atoms with E-state index < -0.39 is 0 Å². The van der Waals surface area contributed by atoms with Gasteiger partial charge in [0, 0.05) is 24.2 Å². The van der Waals surface area contributed by atoms with Crippen molar-refractivity contribution in [3.8, 4) is 0 Å². The molecule has 5 nitrogen and oxygen atoms in total. The third-order valence-electron chi connectivity index (χ3n) is 3.49. The minimum Gasteiger partial charge on any atom is -0.409 e. The predicted octanol–water partition coefficient (Wildman–Crippen LogP) is 2.04. The summed E-state index contributed by atoms with van der Waals surface area (Å²) in [5.41, 5.74) is 6.76. The van der Waals surface area contributed by atoms with Gasteiger partial charge in [0.25, 0.3) is 5.91 Å². The van der Waals surface area contributed by atoms with Crippen LogP contribution in [0.4, 0.5) is 0 Å². The Morgan fingerprint density at radius 2 is 1.95 bits per heavy atom. The molecule has 0 aliphatic heterocycles. The van der Waals surface area contributed by atoms with Gasteiger partial charge in [-0.05, 0) is 37.3 Å². The lowest BCUT2D eigenvalue weighted by atomic mass is 10.1. The van der Waals surface area contributed by atoms with Gasteiger partial charge in [-0.2, -0.15) is 0 Å². The second-order valence-corrected chi connectivity index (χ2v) is 5.26. The molecule has 0 aromatic heterocycles. The van der Waals surface area contributed by atoms with Crippen LogP contribution < -0.4 is 5.73 Å². The molecule has 1 aliphatic carbocycles. The summed E-state index contributed by atoms with van der Waals surface area (Å²) in [7, 11) is 0. The summed E-state index contributed by atoms with van der Waals surface area (Å²) in [4.78, 5) is 14.4. The van der Waals surface area contributed by atoms with Crippen LogP contribution in [0.5, 0.6) is 0 Å². The van der Waals surface area contributed by atoms with Crippen LogP contribution >= 0.6 is 0 Å². The van der Waals surface area contributed by atoms with E-state index in [9.17, 15) is 4.79 Å². The highest BCUT2D eigenvalue weighted by atomic mass is 16.4. The van der Waals surface area contributed by atoms with Crippen LogP contribution in [0.2, 0.25) is 0 Å². The van der Waals surface area contributed by atoms with E-state index in [0.717, 1.165) is 19.5 Å². The Morgan fingerprint density at radius 3 is 2.45 bits per heavy atom. The van der Waals surface area contributed by atoms with Crippen LogP contribution in [-0.4, -0.2) is 34.9 Å². The highest BCUT2D eigenvalue weighted by molar-refractivity contribution is 5.99. The first-order valence-electron chi connectivity index (χ1n) is 7.03. The zero-order chi connectivity index (χ0) is 14.5. The van der Waals surface area contributed by atoms with Crippen molar-refractivity contribution in [2.45, 2.75) is 26.2 Å². The third-order valence-corrected chi connectivity index (χ3v) is 3.49. The second-order valence-electron chi connectivity index (χ2n) is 5.26. The molecule has 0 spiro atoms. The van der Waals surface area contributed by atoms with E-state index in [4.69, 9.17) is 10.9 Å². The average Bonchev–Trinajstić information content (AvgIpc) is 3.29. The van der Waals surface area contributed by atoms with E-state index >= 15 is 0 Å². The number of amidine groups is 1. The zero-order valence-electron chi connectivity index (χ0n) is 11.7. The number of hydrogen-bond acceptors (Lipinski definition) is 3. The Labute approximate surface area is 119 Å². The maximum atomic E-state index is 12.5. The summed E-state index contributed by atoms with van der Waals surface area (Å²) >= 11 is 0. The maximum absolute atomic E-state index is 12.5. The topological polar surface area (TPSA) is 78.9 Å². The van der Waals surface area contributed by atoms with Gasteiger partial charge in [0.15, 0.2) is 5.84 Å². The largest absolute Gasteiger partial charge is 0.409 e. The van der Waals surface area contributed by atoms with E-state index in [2.05, 4.69) is 12.1 Å². The summed E-state index contributed by atoms with van der Waals surface area (Å²) in [6, 6.07) is 6.85. The lowest BCUT2D eigenvalue weighted by molar-refractivity contribution is 0.0747. The molecule has 1 amide bonds. The number of hydrogen-bond donors (Lipinski definition) is 2. The Bertz CT molecular complexity index is 492. The number of carbonyl (C=O) groups excluding carboxylic acids is 1. The summed E-state index contributed by atoms with van der Waals surface area (Å²) in [6.07, 6.45) is 3.42. The quantitative estimate of drug-likeness (QED) is 0.361. The molecular weight excluding hydrogens is 254 g/mol. The number of nitrogens with zero attached hydrogens (tertiary/aromatic N) is 2. The molecule has 1 aromatic carbocycles. The number of benzene rings is 1. The molecule has 0 atom stereocenters. The highest BCUT2D eigenvalue weighted by Crippen LogP contribution is 2.30. The standard InChI is InChI=1S/C15H21N3O2/c1-2-9-18(10-11-3-4-11)15(19)13-7-5-12(6-8-13)14(16)17-20/h5-8,11,20H,2-4,9-10H2,1H3,(H2,16,17). The fourth-order valence-electron chi connectivity index (χ4n) is 2.18. The zero-order valence-corrected chi connectivity index (χ0v) is 11.7. The summed E-state index contributed by atoms with van der Waals surface area (Å²) in [5, 5.41) is 11.6. The Kier molecular flexibility index (Phi) is 4.61. The van der Waals surface area contributed by atoms with Gasteiger partial charge in [-0.25, -0.2) is 0 Å². The van der Waals surface area contributed by atoms with Crippen molar-refractivity contribution in [3.05, 3.63) is 35.4 Å². The van der Waals surface area contributed by atoms with E-state index in [-0.39, 0.29) is 11.7 Å². The van der Waals surface area contributed by atoms with Crippen LogP contribution in [0.1, 0.15) is 42.1 Å². The van der Waals surface area contributed by atoms with Crippen molar-refractivity contribution in [2.24, 2.45) is 16.8 Å². The minimum atomic E-state index is 0.0485. The van der Waals surface area contributed by atoms with E-state index in [1.807, 2.05) is 4.90 Å². The van der Waals surface area contributed by atoms with Crippen molar-refractivity contribution in [3.63, 3.8) is 0 Å². The van der Waals surface area contributed by atoms with Crippen molar-refractivity contribution in [2.75, 3.05) is 13.1 Å². The van der Waals surface area contributed by atoms with E-state index in [0.29, 0.717) is 17.0 Å². The predicted molar refractivity (Wildman–Crippen MR) is 77.9 cm³/mol. The molecule has 0 heterocycles. The van der Waals surface area contributed by atoms with E-state index in [1.165, 1.54) is 12.8 Å². The Morgan fingerprint density at radius 1 is 1.35 bits per heavy atom. The second kappa shape index (κ2) is 6.41. The van der Waals surface area contributed by atoms with Gasteiger partial charge < -0.3 is 15.8 Å². The van der Waals surface area contributed by atoms with E-state index in [1.54, 1.807) is 24.3 Å². The normalized spacial score (nSPS) is 15.2. The van der Waals surface area contributed by atoms with Gasteiger partial charge in [-0.15, -0.1) is 0 Å². The molecular formula is C15H21N3O2. The molecule has 3 N–H and O–H groups in total. The molecule has 5 heteroatoms. The van der Waals surface area contributed by atoms with Crippen molar-refractivity contribution in [1.82, 2.24) is 4.90 Å². The number of nitrogens with two attached hydrogens (primary N) is 1. The first-order chi connectivity index (χ1) is 9.65. The molecule has 1 fully saturated rings. The SMILES string of the molecule is CCCN(CC1CC1)C(=O)c1ccc(C(N)=NO)cc1. The van der Waals surface area contributed by atoms with Gasteiger partial charge in [0.2, 0.25) is 0 Å². The minimum absolute atomic E-state index is 0.0485. The van der Waals surface area contributed by atoms with Crippen LogP contribution in [0.15, 0.2) is 29.4 Å². The Hall–Kier alpha value is -2.04. The van der Waals surface area contributed by atoms with Gasteiger partial charge in [0.05, 0.1) is 0 Å². The molecule has 20 heavy (non-hydrogen) atoms. The molecule has 1 aliphatic rings. The molecule has 2 rings (SSSR count). The number of oxime groups is 1. The molecule has 0 bridgehead atoms. The van der Waals surface area contributed by atoms with Gasteiger partial charge in [-0.3, -0.25) is 4.79 Å². The monoisotopic (exact) mass is 275 g/mol. The van der Waals surface area contributed by atoms with Crippen molar-refractivity contribution < 1.29 is 10.0 Å². The summed E-state index contributed by atoms with van der Waals surface area (Å²) < 4.78 is 0. The van der Waals surface area contributed by atoms with Crippen molar-refractivity contribution >= 4 is 11.7 Å². The lowest BCUT2D eigenvalue weighted by Crippen LogP contribution is -2.33. The molecule has 1 aromatic rings. The fraction of sp³-hybridized carbons (Fsp3) is 0.467. The highest BCUT2D eigenvalue weighted by Gasteiger charge is 2.26. The first-order valence-corrected chi connectivity index (χ1v) is 7.03. The number of amides is 1. The molecule has 108 valence electrons. The van der Waals surface area contributed by atoms with Crippen LogP contribution in [0, 0.1) is 5.92 Å². The average molecular weight is 275 g/mol. The van der Waals surface area contributed by atoms with Crippen LogP contribution in [0.25, 0.3) is 0 Å². The van der Waals surface area contributed by atoms with Crippen LogP contribution in [-0.2, 0) is 0 Å². The molecule has 0 saturated heterocycles. The van der Waals surface area contributed by atoms with Crippen LogP contribution in [0.3, 0.4) is 0 Å². The van der Waals surface area contributed by atoms with Gasteiger partial charge in [0.1, 0.15) is 0 Å². The molecule has 0 unspecified atom stereocenters. The summed E-state index contributed by atoms with van der Waals surface area (Å²) in [6.45, 7) is 3.72. The maximum Gasteiger partial charge on any atom is 0.253 e. The number of carbonyl (C=O) groups is 1. The van der Waals surface area contributed by atoms with Gasteiger partial charge in [-0.1, -0.05) is 24.2 Å². The molecule has 0 radical (unpaired) electrons. The van der Waals surface area contributed by atoms with Gasteiger partial charge >= 0.3 is 0 Å².